The number of carbonyl (C=O) groups is 2. The van der Waals surface area contributed by atoms with Crippen molar-refractivity contribution in [3.63, 3.8) is 0 Å². The minimum atomic E-state index is -0.863. The molecule has 2 heterocycles. The largest absolute Gasteiger partial charge is 0.508 e. The summed E-state index contributed by atoms with van der Waals surface area (Å²) in [6, 6.07) is 11.0. The molecule has 0 saturated carbocycles. The van der Waals surface area contributed by atoms with Crippen LogP contribution in [0.1, 0.15) is 13.8 Å². The summed E-state index contributed by atoms with van der Waals surface area (Å²) in [5.41, 5.74) is 0.149. The Bertz CT molecular complexity index is 1390. The van der Waals surface area contributed by atoms with E-state index in [1.165, 1.54) is 60.7 Å². The van der Waals surface area contributed by atoms with E-state index < -0.39 is 23.4 Å². The van der Waals surface area contributed by atoms with Gasteiger partial charge in [-0.1, -0.05) is 24.3 Å². The molecule has 10 heteroatoms. The number of carbonyl (C=O) groups excluding carboxylic acids is 2. The standard InChI is InChI=1S/C30H26O10/c1-15-21(37-15)11-13-23(33)39-29-25(17-3-7-19(31)8-4-17)27(35)28(36)26(18-5-9-20(32)10-6-18)30(29)40-24(34)14-12-22-16(2)38-22/h3-16,21-22,31-32,35-36H,1-2H3/t15-,16+,21-,22+. The molecule has 206 valence electrons. The van der Waals surface area contributed by atoms with Crippen LogP contribution in [0.3, 0.4) is 0 Å². The van der Waals surface area contributed by atoms with Crippen LogP contribution in [-0.4, -0.2) is 56.8 Å². The zero-order chi connectivity index (χ0) is 28.6. The Balaban J connectivity index is 1.68. The normalized spacial score (nSPS) is 21.4. The van der Waals surface area contributed by atoms with Gasteiger partial charge in [0.2, 0.25) is 0 Å². The maximum atomic E-state index is 12.9. The molecule has 0 spiro atoms. The van der Waals surface area contributed by atoms with Gasteiger partial charge in [0, 0.05) is 12.2 Å². The number of esters is 2. The highest BCUT2D eigenvalue weighted by Gasteiger charge is 2.34. The van der Waals surface area contributed by atoms with Crippen LogP contribution in [0, 0.1) is 0 Å². The number of ether oxygens (including phenoxy) is 4. The second-order valence-electron chi connectivity index (χ2n) is 9.37. The lowest BCUT2D eigenvalue weighted by Crippen LogP contribution is -2.12. The Morgan fingerprint density at radius 2 is 0.975 bits per heavy atom. The Morgan fingerprint density at radius 3 is 1.27 bits per heavy atom. The number of aromatic hydroxyl groups is 4. The topological polar surface area (TPSA) is 159 Å². The summed E-state index contributed by atoms with van der Waals surface area (Å²) in [6.07, 6.45) is 4.73. The van der Waals surface area contributed by atoms with E-state index in [9.17, 15) is 30.0 Å². The molecule has 2 fully saturated rings. The van der Waals surface area contributed by atoms with Crippen molar-refractivity contribution in [3.05, 3.63) is 72.8 Å². The molecule has 3 aromatic rings. The van der Waals surface area contributed by atoms with Gasteiger partial charge >= 0.3 is 11.9 Å². The molecule has 0 aromatic heterocycles. The number of phenolic OH excluding ortho intramolecular Hbond substituents is 4. The van der Waals surface area contributed by atoms with Gasteiger partial charge in [0.25, 0.3) is 0 Å². The molecule has 2 aliphatic rings. The van der Waals surface area contributed by atoms with Crippen molar-refractivity contribution in [2.24, 2.45) is 0 Å². The second kappa shape index (κ2) is 10.8. The highest BCUT2D eigenvalue weighted by atomic mass is 16.6. The first kappa shape index (κ1) is 26.8. The molecule has 4 atom stereocenters. The first-order chi connectivity index (χ1) is 19.1. The Labute approximate surface area is 228 Å². The number of hydrogen-bond acceptors (Lipinski definition) is 10. The summed E-state index contributed by atoms with van der Waals surface area (Å²) in [5, 5.41) is 41.9. The van der Waals surface area contributed by atoms with Crippen LogP contribution < -0.4 is 9.47 Å². The summed E-state index contributed by atoms with van der Waals surface area (Å²) >= 11 is 0. The van der Waals surface area contributed by atoms with E-state index in [1.54, 1.807) is 0 Å². The lowest BCUT2D eigenvalue weighted by atomic mass is 9.95. The van der Waals surface area contributed by atoms with Crippen molar-refractivity contribution >= 4 is 11.9 Å². The molecule has 5 rings (SSSR count). The lowest BCUT2D eigenvalue weighted by Gasteiger charge is -2.20. The van der Waals surface area contributed by atoms with Gasteiger partial charge < -0.3 is 39.4 Å². The Morgan fingerprint density at radius 1 is 0.650 bits per heavy atom. The van der Waals surface area contributed by atoms with Gasteiger partial charge in [-0.25, -0.2) is 9.59 Å². The van der Waals surface area contributed by atoms with Crippen LogP contribution in [0.25, 0.3) is 22.3 Å². The van der Waals surface area contributed by atoms with Crippen molar-refractivity contribution in [1.29, 1.82) is 0 Å². The summed E-state index contributed by atoms with van der Waals surface area (Å²) in [7, 11) is 0. The van der Waals surface area contributed by atoms with E-state index in [4.69, 9.17) is 18.9 Å². The highest BCUT2D eigenvalue weighted by Crippen LogP contribution is 2.56. The van der Waals surface area contributed by atoms with Crippen LogP contribution in [-0.2, 0) is 19.1 Å². The van der Waals surface area contributed by atoms with Crippen molar-refractivity contribution in [2.45, 2.75) is 38.3 Å². The van der Waals surface area contributed by atoms with E-state index in [0.717, 1.165) is 12.2 Å². The van der Waals surface area contributed by atoms with Crippen LogP contribution in [0.4, 0.5) is 0 Å². The number of epoxide rings is 2. The molecule has 0 bridgehead atoms. The van der Waals surface area contributed by atoms with Crippen molar-refractivity contribution in [2.75, 3.05) is 0 Å². The Hall–Kier alpha value is -4.80. The average Bonchev–Trinajstić information content (AvgIpc) is 3.83. The molecule has 4 N–H and O–H groups in total. The maximum Gasteiger partial charge on any atom is 0.336 e. The summed E-state index contributed by atoms with van der Waals surface area (Å²) in [4.78, 5) is 25.8. The monoisotopic (exact) mass is 546 g/mol. The fraction of sp³-hybridized carbons (Fsp3) is 0.200. The van der Waals surface area contributed by atoms with Crippen molar-refractivity contribution < 1.29 is 49.0 Å². The fourth-order valence-corrected chi connectivity index (χ4v) is 4.09. The highest BCUT2D eigenvalue weighted by molar-refractivity contribution is 5.98. The molecule has 0 radical (unpaired) electrons. The molecule has 40 heavy (non-hydrogen) atoms. The van der Waals surface area contributed by atoms with Crippen molar-refractivity contribution in [3.8, 4) is 56.8 Å². The van der Waals surface area contributed by atoms with Crippen molar-refractivity contribution in [1.82, 2.24) is 0 Å². The number of phenols is 4. The summed E-state index contributed by atoms with van der Waals surface area (Å²) in [5.74, 6) is -3.92. The van der Waals surface area contributed by atoms with Crippen LogP contribution in [0.15, 0.2) is 72.8 Å². The first-order valence-electron chi connectivity index (χ1n) is 12.4. The molecule has 0 unspecified atom stereocenters. The third-order valence-corrected chi connectivity index (χ3v) is 6.44. The van der Waals surface area contributed by atoms with E-state index >= 15 is 0 Å². The van der Waals surface area contributed by atoms with Gasteiger partial charge in [-0.2, -0.15) is 0 Å². The van der Waals surface area contributed by atoms with Crippen LogP contribution in [0.2, 0.25) is 0 Å². The first-order valence-corrected chi connectivity index (χ1v) is 12.4. The summed E-state index contributed by atoms with van der Waals surface area (Å²) in [6.45, 7) is 3.67. The van der Waals surface area contributed by atoms with E-state index in [1.807, 2.05) is 13.8 Å². The van der Waals surface area contributed by atoms with Gasteiger partial charge in [-0.3, -0.25) is 0 Å². The van der Waals surface area contributed by atoms with Crippen LogP contribution in [0.5, 0.6) is 34.5 Å². The minimum absolute atomic E-state index is 0.0445. The molecule has 10 nitrogen and oxygen atoms in total. The molecular formula is C30H26O10. The third-order valence-electron chi connectivity index (χ3n) is 6.44. The molecular weight excluding hydrogens is 520 g/mol. The van der Waals surface area contributed by atoms with E-state index in [-0.39, 0.29) is 69.7 Å². The molecule has 2 saturated heterocycles. The molecule has 0 amide bonds. The second-order valence-corrected chi connectivity index (χ2v) is 9.37. The number of hydrogen-bond donors (Lipinski definition) is 4. The Kier molecular flexibility index (Phi) is 7.20. The summed E-state index contributed by atoms with van der Waals surface area (Å²) < 4.78 is 21.9. The van der Waals surface area contributed by atoms with Gasteiger partial charge in [-0.05, 0) is 61.4 Å². The van der Waals surface area contributed by atoms with Gasteiger partial charge in [0.15, 0.2) is 23.0 Å². The zero-order valence-electron chi connectivity index (χ0n) is 21.5. The minimum Gasteiger partial charge on any atom is -0.508 e. The van der Waals surface area contributed by atoms with Gasteiger partial charge in [0.05, 0.1) is 23.3 Å². The zero-order valence-corrected chi connectivity index (χ0v) is 21.5. The predicted molar refractivity (Wildman–Crippen MR) is 142 cm³/mol. The molecule has 0 aliphatic carbocycles. The maximum absolute atomic E-state index is 12.9. The van der Waals surface area contributed by atoms with E-state index in [2.05, 4.69) is 0 Å². The number of rotatable bonds is 8. The van der Waals surface area contributed by atoms with Gasteiger partial charge in [-0.15, -0.1) is 0 Å². The lowest BCUT2D eigenvalue weighted by molar-refractivity contribution is -0.131. The average molecular weight is 547 g/mol. The smallest absolute Gasteiger partial charge is 0.336 e. The van der Waals surface area contributed by atoms with Crippen LogP contribution >= 0.6 is 0 Å². The fourth-order valence-electron chi connectivity index (χ4n) is 4.09. The van der Waals surface area contributed by atoms with Gasteiger partial charge in [0.1, 0.15) is 23.7 Å². The van der Waals surface area contributed by atoms with E-state index in [0.29, 0.717) is 0 Å². The molecule has 3 aromatic carbocycles. The SMILES string of the molecule is C[C@@H]1O[C@H]1C=CC(=O)Oc1c(OC(=O)C=C[C@H]2O[C@@H]2C)c(-c2ccc(O)cc2)c(O)c(O)c1-c1ccc(O)cc1. The third kappa shape index (κ3) is 5.78. The predicted octanol–water partition coefficient (Wildman–Crippen LogP) is 4.34. The quantitative estimate of drug-likeness (QED) is 0.105. The molecule has 2 aliphatic heterocycles. The number of benzene rings is 3.